The topological polar surface area (TPSA) is 131 Å². The van der Waals surface area contributed by atoms with E-state index in [0.29, 0.717) is 59.9 Å². The van der Waals surface area contributed by atoms with Crippen molar-refractivity contribution in [1.82, 2.24) is 10.2 Å². The third kappa shape index (κ3) is 7.35. The number of hydrogen-bond donors (Lipinski definition) is 2. The third-order valence-electron chi connectivity index (χ3n) is 22.3. The lowest BCUT2D eigenvalue weighted by atomic mass is 9.43. The maximum Gasteiger partial charge on any atom is 0.414 e. The predicted molar refractivity (Wildman–Crippen MR) is 246 cm³/mol. The number of aliphatic hydroxyl groups excluding tert-OH is 1. The second-order valence-electron chi connectivity index (χ2n) is 25.5. The van der Waals surface area contributed by atoms with Gasteiger partial charge in [-0.05, 0) is 136 Å². The van der Waals surface area contributed by atoms with Gasteiger partial charge >= 0.3 is 6.09 Å². The van der Waals surface area contributed by atoms with Gasteiger partial charge in [-0.1, -0.05) is 81.1 Å². The summed E-state index contributed by atoms with van der Waals surface area (Å²) in [6, 6.07) is 0. The number of ketones is 2. The van der Waals surface area contributed by atoms with Gasteiger partial charge in [0.25, 0.3) is 0 Å². The molecule has 360 valence electrons. The van der Waals surface area contributed by atoms with E-state index < -0.39 is 23.7 Å². The average Bonchev–Trinajstić information content (AvgIpc) is 4.04. The van der Waals surface area contributed by atoms with Crippen molar-refractivity contribution in [1.29, 1.82) is 0 Å². The van der Waals surface area contributed by atoms with Crippen molar-refractivity contribution in [2.75, 3.05) is 33.9 Å². The lowest BCUT2D eigenvalue weighted by Gasteiger charge is -2.62. The third-order valence-corrected chi connectivity index (χ3v) is 22.3. The van der Waals surface area contributed by atoms with Gasteiger partial charge in [0.2, 0.25) is 5.91 Å². The Kier molecular flexibility index (Phi) is 12.3. The van der Waals surface area contributed by atoms with Gasteiger partial charge in [-0.2, -0.15) is 0 Å². The van der Waals surface area contributed by atoms with Crippen molar-refractivity contribution in [2.45, 2.75) is 189 Å². The highest BCUT2D eigenvalue weighted by molar-refractivity contribution is 5.94. The second kappa shape index (κ2) is 16.7. The maximum atomic E-state index is 14.4. The molecular formula is C54H86N2O8. The minimum absolute atomic E-state index is 0.0191. The number of rotatable bonds is 8. The molecule has 0 aromatic heterocycles. The Morgan fingerprint density at radius 1 is 0.672 bits per heavy atom. The molecule has 2 N–H and O–H groups in total. The number of ether oxygens (including phenoxy) is 3. The summed E-state index contributed by atoms with van der Waals surface area (Å²) in [5.74, 6) is 3.33. The van der Waals surface area contributed by atoms with E-state index in [9.17, 15) is 24.3 Å². The summed E-state index contributed by atoms with van der Waals surface area (Å²) in [5, 5.41) is 14.2. The van der Waals surface area contributed by atoms with Crippen LogP contribution in [-0.4, -0.2) is 91.8 Å². The Morgan fingerprint density at radius 3 is 1.62 bits per heavy atom. The van der Waals surface area contributed by atoms with E-state index >= 15 is 0 Å². The molecule has 10 rings (SSSR count). The van der Waals surface area contributed by atoms with Crippen LogP contribution in [0.2, 0.25) is 0 Å². The summed E-state index contributed by atoms with van der Waals surface area (Å²) in [4.78, 5) is 57.1. The molecule has 6 bridgehead atoms. The van der Waals surface area contributed by atoms with Gasteiger partial charge in [-0.15, -0.1) is 0 Å². The molecule has 2 amide bonds. The van der Waals surface area contributed by atoms with Crippen LogP contribution in [0.1, 0.15) is 165 Å². The highest BCUT2D eigenvalue weighted by Gasteiger charge is 2.70. The maximum absolute atomic E-state index is 14.4. The first-order chi connectivity index (χ1) is 30.2. The molecule has 8 saturated carbocycles. The second-order valence-corrected chi connectivity index (χ2v) is 25.5. The number of hydrogen-bond acceptors (Lipinski definition) is 9. The lowest BCUT2D eigenvalue weighted by Crippen LogP contribution is -2.63. The number of alkyl carbamates (subject to hydrolysis) is 1. The fourth-order valence-electron chi connectivity index (χ4n) is 17.9. The molecule has 10 fully saturated rings. The van der Waals surface area contributed by atoms with E-state index in [0.717, 1.165) is 90.3 Å². The first-order valence-electron chi connectivity index (χ1n) is 26.3. The van der Waals surface area contributed by atoms with Gasteiger partial charge in [-0.3, -0.25) is 19.7 Å². The highest BCUT2D eigenvalue weighted by atomic mass is 16.6. The molecule has 0 aromatic rings. The summed E-state index contributed by atoms with van der Waals surface area (Å²) in [5.41, 5.74) is -1.50. The Hall–Kier alpha value is -1.88. The zero-order valence-electron chi connectivity index (χ0n) is 41.5. The van der Waals surface area contributed by atoms with Crippen LogP contribution in [0.25, 0.3) is 0 Å². The Morgan fingerprint density at radius 2 is 1.16 bits per heavy atom. The Bertz CT molecular complexity index is 1830. The van der Waals surface area contributed by atoms with Crippen LogP contribution >= 0.6 is 0 Å². The Labute approximate surface area is 385 Å². The van der Waals surface area contributed by atoms with Crippen LogP contribution in [0, 0.1) is 91.7 Å². The fourth-order valence-corrected chi connectivity index (χ4v) is 17.9. The standard InChI is InChI=1S/C31H48N2O5.C23H38O3/c1-18-8-11-31-12-9-23(37-5)25(31)30(18,4)24(15-29(3,14-20-6-7-20)26(34)19(31)2)38-28(36)32-27(35)22-17-33-13-10-21(22)16-33;1-14-8-10-23-11-9-17(26-5)19(23)22(14,4)18(24)13-21(3,12-16-6-7-16)20(25)15(23)2/h18-25H,6-17H2,1-5H3,(H,32,35,36);14-19,24H,6-13H2,1-5H3/t18-,19+,21-,22+,23-,24-,25?,29-,30+,31?;14-,15+,17-,18-,19?,21-,22+,23?/m11/s1. The number of nitrogens with one attached hydrogen (secondary N) is 1. The van der Waals surface area contributed by atoms with E-state index in [1.54, 1.807) is 7.11 Å². The molecule has 2 aliphatic heterocycles. The number of imide groups is 1. The smallest absolute Gasteiger partial charge is 0.414 e. The van der Waals surface area contributed by atoms with E-state index in [1.165, 1.54) is 25.7 Å². The molecule has 2 heterocycles. The first kappa shape index (κ1) is 47.2. The molecular weight excluding hydrogens is 805 g/mol. The molecule has 5 unspecified atom stereocenters. The summed E-state index contributed by atoms with van der Waals surface area (Å²) in [7, 11) is 3.62. The van der Waals surface area contributed by atoms with Gasteiger partial charge in [0.05, 0.1) is 24.2 Å². The highest BCUT2D eigenvalue weighted by Crippen LogP contribution is 2.71. The van der Waals surface area contributed by atoms with E-state index in [4.69, 9.17) is 14.2 Å². The first-order valence-corrected chi connectivity index (χ1v) is 26.3. The zero-order valence-corrected chi connectivity index (χ0v) is 41.5. The van der Waals surface area contributed by atoms with Crippen molar-refractivity contribution < 1.29 is 38.5 Å². The number of piperidine rings is 1. The number of amides is 2. The van der Waals surface area contributed by atoms with Crippen molar-refractivity contribution in [3.8, 4) is 0 Å². The fraction of sp³-hybridized carbons (Fsp3) is 0.926. The van der Waals surface area contributed by atoms with Gasteiger partial charge < -0.3 is 24.2 Å². The van der Waals surface area contributed by atoms with Crippen LogP contribution in [0.5, 0.6) is 0 Å². The van der Waals surface area contributed by atoms with Crippen LogP contribution in [0.3, 0.4) is 0 Å². The van der Waals surface area contributed by atoms with Crippen molar-refractivity contribution in [2.24, 2.45) is 91.7 Å². The van der Waals surface area contributed by atoms with Gasteiger partial charge in [0, 0.05) is 66.7 Å². The molecule has 0 aromatic carbocycles. The van der Waals surface area contributed by atoms with Crippen LogP contribution in [0.15, 0.2) is 0 Å². The van der Waals surface area contributed by atoms with Crippen molar-refractivity contribution in [3.05, 3.63) is 0 Å². The predicted octanol–water partition coefficient (Wildman–Crippen LogP) is 9.43. The minimum atomic E-state index is -0.635. The van der Waals surface area contributed by atoms with Crippen LogP contribution in [-0.2, 0) is 28.6 Å². The summed E-state index contributed by atoms with van der Waals surface area (Å²) < 4.78 is 18.5. The number of carbonyl (C=O) groups is 4. The van der Waals surface area contributed by atoms with Crippen LogP contribution < -0.4 is 5.32 Å². The summed E-state index contributed by atoms with van der Waals surface area (Å²) >= 11 is 0. The van der Waals surface area contributed by atoms with Gasteiger partial charge in [-0.25, -0.2) is 4.79 Å². The molecule has 8 aliphatic carbocycles. The molecule has 10 nitrogen and oxygen atoms in total. The summed E-state index contributed by atoms with van der Waals surface area (Å²) in [6.07, 6.45) is 16.0. The van der Waals surface area contributed by atoms with E-state index in [2.05, 4.69) is 65.6 Å². The van der Waals surface area contributed by atoms with E-state index in [-0.39, 0.29) is 68.9 Å². The number of carbonyl (C=O) groups excluding carboxylic acids is 4. The van der Waals surface area contributed by atoms with E-state index in [1.807, 2.05) is 7.11 Å². The quantitative estimate of drug-likeness (QED) is 0.245. The number of Topliss-reactive ketones (excluding diaryl/α,β-unsaturated/α-hetero) is 2. The molecule has 19 atom stereocenters. The normalized spacial score (nSPS) is 51.7. The molecule has 10 heteroatoms. The zero-order chi connectivity index (χ0) is 45.9. The number of aliphatic hydroxyl groups is 1. The van der Waals surface area contributed by atoms with Crippen molar-refractivity contribution >= 4 is 23.6 Å². The van der Waals surface area contributed by atoms with Crippen molar-refractivity contribution in [3.63, 3.8) is 0 Å². The molecule has 64 heavy (non-hydrogen) atoms. The molecule has 0 spiro atoms. The lowest BCUT2D eigenvalue weighted by molar-refractivity contribution is -0.192. The molecule has 2 saturated heterocycles. The SMILES string of the molecule is CO[C@@H]1CCC23CC[C@@H](C)[C@](C)(C12)[C@H](O)C[C@@](C)(CC1CC1)C(=O)[C@@H]3C.CO[C@@H]1CCC23CC[C@@H](C)[C@](C)(C12)[C@H](OC(=O)NC(=O)[C@H]1CN2CC[C@@H]1C2)C[C@@](C)(CC1CC1)C(=O)[C@@H]3C. The average molecular weight is 891 g/mol. The van der Waals surface area contributed by atoms with Gasteiger partial charge in [0.15, 0.2) is 0 Å². The summed E-state index contributed by atoms with van der Waals surface area (Å²) in [6.45, 7) is 20.7. The largest absolute Gasteiger partial charge is 0.445 e. The van der Waals surface area contributed by atoms with Gasteiger partial charge in [0.1, 0.15) is 17.7 Å². The number of nitrogens with zero attached hydrogens (tertiary/aromatic N) is 1. The molecule has 0 radical (unpaired) electrons. The number of fused-ring (bicyclic) bond motifs is 2. The monoisotopic (exact) mass is 891 g/mol. The van der Waals surface area contributed by atoms with Crippen LogP contribution in [0.4, 0.5) is 4.79 Å². The molecule has 10 aliphatic rings. The Balaban J connectivity index is 0.000000174. The number of methoxy groups -OCH3 is 2. The minimum Gasteiger partial charge on any atom is -0.445 e.